The van der Waals surface area contributed by atoms with E-state index in [0.717, 1.165) is 12.0 Å². The number of carbonyl (C=O) groups excluding carboxylic acids is 1. The zero-order valence-corrected chi connectivity index (χ0v) is 14.5. The van der Waals surface area contributed by atoms with Gasteiger partial charge in [0.05, 0.1) is 0 Å². The first-order chi connectivity index (χ1) is 11.4. The molecular formula is C18H25N3O3. The Balaban J connectivity index is 2.16. The van der Waals surface area contributed by atoms with E-state index in [-0.39, 0.29) is 23.6 Å². The molecule has 24 heavy (non-hydrogen) atoms. The molecule has 0 saturated heterocycles. The molecule has 1 unspecified atom stereocenters. The number of fused-ring (bicyclic) bond motifs is 1. The fraction of sp³-hybridized carbons (Fsp3) is 0.500. The second-order valence-corrected chi connectivity index (χ2v) is 6.63. The van der Waals surface area contributed by atoms with Crippen molar-refractivity contribution in [1.29, 1.82) is 0 Å². The van der Waals surface area contributed by atoms with Crippen LogP contribution in [0, 0.1) is 18.8 Å². The van der Waals surface area contributed by atoms with Gasteiger partial charge in [-0.3, -0.25) is 14.0 Å². The highest BCUT2D eigenvalue weighted by molar-refractivity contribution is 5.93. The molecule has 0 aliphatic carbocycles. The number of aryl methyl sites for hydroxylation is 1. The van der Waals surface area contributed by atoms with Crippen LogP contribution in [0.2, 0.25) is 0 Å². The Kier molecular flexibility index (Phi) is 6.09. The Bertz CT molecular complexity index is 768. The van der Waals surface area contributed by atoms with Gasteiger partial charge in [-0.25, -0.2) is 4.98 Å². The molecule has 6 nitrogen and oxygen atoms in total. The highest BCUT2D eigenvalue weighted by atomic mass is 16.3. The fourth-order valence-electron chi connectivity index (χ4n) is 2.82. The summed E-state index contributed by atoms with van der Waals surface area (Å²) in [6, 6.07) is 3.62. The Morgan fingerprint density at radius 1 is 1.38 bits per heavy atom. The van der Waals surface area contributed by atoms with E-state index in [1.165, 1.54) is 10.6 Å². The van der Waals surface area contributed by atoms with E-state index in [0.29, 0.717) is 24.5 Å². The lowest BCUT2D eigenvalue weighted by atomic mass is 9.94. The third kappa shape index (κ3) is 4.41. The fourth-order valence-corrected chi connectivity index (χ4v) is 2.82. The van der Waals surface area contributed by atoms with Crippen LogP contribution in [0.5, 0.6) is 0 Å². The summed E-state index contributed by atoms with van der Waals surface area (Å²) in [7, 11) is 0. The molecule has 0 radical (unpaired) electrons. The van der Waals surface area contributed by atoms with E-state index in [1.807, 2.05) is 13.0 Å². The molecule has 1 amide bonds. The number of nitrogens with zero attached hydrogens (tertiary/aromatic N) is 2. The van der Waals surface area contributed by atoms with Gasteiger partial charge in [0.15, 0.2) is 0 Å². The SMILES string of the molecule is Cc1ccc2ncc(C(=O)NCC(CCO)CC(C)C)c(=O)n2c1. The Labute approximate surface area is 141 Å². The average Bonchev–Trinajstić information content (AvgIpc) is 2.53. The molecule has 0 fully saturated rings. The van der Waals surface area contributed by atoms with Gasteiger partial charge in [0.2, 0.25) is 0 Å². The molecular weight excluding hydrogens is 306 g/mol. The molecule has 2 rings (SSSR count). The summed E-state index contributed by atoms with van der Waals surface area (Å²) in [5.74, 6) is 0.252. The van der Waals surface area contributed by atoms with Crippen molar-refractivity contribution in [3.8, 4) is 0 Å². The molecule has 0 aliphatic rings. The maximum absolute atomic E-state index is 12.5. The van der Waals surface area contributed by atoms with Crippen LogP contribution in [0.15, 0.2) is 29.3 Å². The first-order valence-electron chi connectivity index (χ1n) is 8.29. The van der Waals surface area contributed by atoms with Crippen LogP contribution in [-0.4, -0.2) is 33.6 Å². The predicted octanol–water partition coefficient (Wildman–Crippen LogP) is 1.78. The molecule has 0 aromatic carbocycles. The van der Waals surface area contributed by atoms with Gasteiger partial charge in [-0.1, -0.05) is 19.9 Å². The third-order valence-electron chi connectivity index (χ3n) is 3.99. The van der Waals surface area contributed by atoms with Gasteiger partial charge >= 0.3 is 0 Å². The van der Waals surface area contributed by atoms with Gasteiger partial charge in [-0.05, 0) is 43.2 Å². The Morgan fingerprint density at radius 3 is 2.79 bits per heavy atom. The summed E-state index contributed by atoms with van der Waals surface area (Å²) in [5, 5.41) is 12.0. The van der Waals surface area contributed by atoms with Crippen LogP contribution in [0.25, 0.3) is 5.65 Å². The van der Waals surface area contributed by atoms with E-state index in [9.17, 15) is 9.59 Å². The number of hydrogen-bond donors (Lipinski definition) is 2. The summed E-state index contributed by atoms with van der Waals surface area (Å²) in [6.07, 6.45) is 4.54. The van der Waals surface area contributed by atoms with Crippen LogP contribution >= 0.6 is 0 Å². The minimum absolute atomic E-state index is 0.0328. The van der Waals surface area contributed by atoms with Crippen molar-refractivity contribution in [2.24, 2.45) is 11.8 Å². The number of rotatable bonds is 7. The summed E-state index contributed by atoms with van der Waals surface area (Å²) < 4.78 is 1.39. The average molecular weight is 331 g/mol. The number of amides is 1. The second-order valence-electron chi connectivity index (χ2n) is 6.63. The summed E-state index contributed by atoms with van der Waals surface area (Å²) in [6.45, 7) is 6.62. The zero-order valence-electron chi connectivity index (χ0n) is 14.5. The number of aliphatic hydroxyl groups is 1. The van der Waals surface area contributed by atoms with Gasteiger partial charge in [-0.2, -0.15) is 0 Å². The Hall–Kier alpha value is -2.21. The molecule has 2 N–H and O–H groups in total. The number of pyridine rings is 1. The first kappa shape index (κ1) is 18.1. The number of hydrogen-bond acceptors (Lipinski definition) is 4. The number of aromatic nitrogens is 2. The van der Waals surface area contributed by atoms with Crippen molar-refractivity contribution in [3.63, 3.8) is 0 Å². The van der Waals surface area contributed by atoms with Crippen LogP contribution in [0.3, 0.4) is 0 Å². The molecule has 0 spiro atoms. The van der Waals surface area contributed by atoms with Crippen molar-refractivity contribution >= 4 is 11.6 Å². The lowest BCUT2D eigenvalue weighted by Gasteiger charge is -2.18. The van der Waals surface area contributed by atoms with Gasteiger partial charge in [-0.15, -0.1) is 0 Å². The summed E-state index contributed by atoms with van der Waals surface area (Å²) in [5.41, 5.74) is 1.10. The minimum Gasteiger partial charge on any atom is -0.396 e. The minimum atomic E-state index is -0.421. The second kappa shape index (κ2) is 8.06. The predicted molar refractivity (Wildman–Crippen MR) is 93.2 cm³/mol. The van der Waals surface area contributed by atoms with Gasteiger partial charge < -0.3 is 10.4 Å². The van der Waals surface area contributed by atoms with E-state index < -0.39 is 5.91 Å². The van der Waals surface area contributed by atoms with Crippen LogP contribution in [0.4, 0.5) is 0 Å². The van der Waals surface area contributed by atoms with Crippen molar-refractivity contribution in [1.82, 2.24) is 14.7 Å². The van der Waals surface area contributed by atoms with Crippen LogP contribution in [-0.2, 0) is 0 Å². The van der Waals surface area contributed by atoms with E-state index in [1.54, 1.807) is 12.3 Å². The molecule has 1 atom stereocenters. The third-order valence-corrected chi connectivity index (χ3v) is 3.99. The quantitative estimate of drug-likeness (QED) is 0.810. The molecule has 0 bridgehead atoms. The lowest BCUT2D eigenvalue weighted by molar-refractivity contribution is 0.0939. The topological polar surface area (TPSA) is 83.7 Å². The van der Waals surface area contributed by atoms with E-state index >= 15 is 0 Å². The highest BCUT2D eigenvalue weighted by Crippen LogP contribution is 2.14. The van der Waals surface area contributed by atoms with Gasteiger partial charge in [0.25, 0.3) is 11.5 Å². The molecule has 0 saturated carbocycles. The molecule has 2 aromatic rings. The summed E-state index contributed by atoms with van der Waals surface area (Å²) >= 11 is 0. The van der Waals surface area contributed by atoms with Gasteiger partial charge in [0.1, 0.15) is 11.2 Å². The maximum atomic E-state index is 12.5. The van der Waals surface area contributed by atoms with E-state index in [4.69, 9.17) is 5.11 Å². The van der Waals surface area contributed by atoms with Crippen molar-refractivity contribution in [3.05, 3.63) is 46.0 Å². The van der Waals surface area contributed by atoms with Gasteiger partial charge in [0, 0.05) is 25.5 Å². The lowest BCUT2D eigenvalue weighted by Crippen LogP contribution is -2.35. The molecule has 2 heterocycles. The largest absolute Gasteiger partial charge is 0.396 e. The normalized spacial score (nSPS) is 12.5. The number of carbonyl (C=O) groups is 1. The zero-order chi connectivity index (χ0) is 17.7. The molecule has 2 aromatic heterocycles. The molecule has 6 heteroatoms. The number of aliphatic hydroxyl groups excluding tert-OH is 1. The smallest absolute Gasteiger partial charge is 0.270 e. The Morgan fingerprint density at radius 2 is 2.12 bits per heavy atom. The van der Waals surface area contributed by atoms with E-state index in [2.05, 4.69) is 24.1 Å². The highest BCUT2D eigenvalue weighted by Gasteiger charge is 2.16. The van der Waals surface area contributed by atoms with Crippen LogP contribution < -0.4 is 10.9 Å². The number of nitrogens with one attached hydrogen (secondary N) is 1. The molecule has 130 valence electrons. The molecule has 0 aliphatic heterocycles. The maximum Gasteiger partial charge on any atom is 0.270 e. The first-order valence-corrected chi connectivity index (χ1v) is 8.29. The summed E-state index contributed by atoms with van der Waals surface area (Å²) in [4.78, 5) is 29.0. The van der Waals surface area contributed by atoms with Crippen molar-refractivity contribution in [2.75, 3.05) is 13.2 Å². The standard InChI is InChI=1S/C18H25N3O3/c1-12(2)8-14(6-7-22)9-20-17(23)15-10-19-16-5-4-13(3)11-21(16)18(15)24/h4-5,10-12,14,22H,6-9H2,1-3H3,(H,20,23). The monoisotopic (exact) mass is 331 g/mol. The van der Waals surface area contributed by atoms with Crippen molar-refractivity contribution < 1.29 is 9.90 Å². The van der Waals surface area contributed by atoms with Crippen LogP contribution in [0.1, 0.15) is 42.6 Å². The van der Waals surface area contributed by atoms with Crippen molar-refractivity contribution in [2.45, 2.75) is 33.6 Å².